The summed E-state index contributed by atoms with van der Waals surface area (Å²) < 4.78 is 5.46. The Morgan fingerprint density at radius 1 is 1.54 bits per heavy atom. The molecule has 0 saturated carbocycles. The molecule has 0 atom stereocenters. The third-order valence-electron chi connectivity index (χ3n) is 2.05. The van der Waals surface area contributed by atoms with Gasteiger partial charge in [-0.15, -0.1) is 0 Å². The van der Waals surface area contributed by atoms with Gasteiger partial charge in [0.15, 0.2) is 0 Å². The topological polar surface area (TPSA) is 46.5 Å². The van der Waals surface area contributed by atoms with Crippen molar-refractivity contribution >= 4 is 5.97 Å². The summed E-state index contributed by atoms with van der Waals surface area (Å²) in [7, 11) is 0. The molecule has 0 saturated heterocycles. The zero-order valence-electron chi connectivity index (χ0n) is 8.76. The van der Waals surface area contributed by atoms with Gasteiger partial charge >= 0.3 is 5.97 Å². The Bertz CT molecular complexity index is 204. The second-order valence-electron chi connectivity index (χ2n) is 3.62. The molecule has 0 aliphatic carbocycles. The second-order valence-corrected chi connectivity index (χ2v) is 3.62. The number of hydrogen-bond donors (Lipinski definition) is 1. The van der Waals surface area contributed by atoms with Crippen molar-refractivity contribution in [3.05, 3.63) is 11.6 Å². The molecule has 0 spiro atoms. The highest BCUT2D eigenvalue weighted by Gasteiger charge is 2.14. The van der Waals surface area contributed by atoms with Crippen molar-refractivity contribution < 1.29 is 14.6 Å². The Kier molecular flexibility index (Phi) is 4.70. The van der Waals surface area contributed by atoms with E-state index in [4.69, 9.17) is 9.84 Å². The van der Waals surface area contributed by atoms with Gasteiger partial charge < -0.3 is 9.84 Å². The summed E-state index contributed by atoms with van der Waals surface area (Å²) in [6.45, 7) is 7.92. The van der Waals surface area contributed by atoms with Gasteiger partial charge in [-0.3, -0.25) is 0 Å². The van der Waals surface area contributed by atoms with Crippen LogP contribution in [0.25, 0.3) is 0 Å². The lowest BCUT2D eigenvalue weighted by Crippen LogP contribution is -2.23. The maximum atomic E-state index is 10.4. The quantitative estimate of drug-likeness (QED) is 0.670. The molecular formula is C10H18O3. The highest BCUT2D eigenvalue weighted by molar-refractivity contribution is 5.85. The van der Waals surface area contributed by atoms with Crippen LogP contribution in [-0.2, 0) is 9.53 Å². The summed E-state index contributed by atoms with van der Waals surface area (Å²) in [6, 6.07) is 0. The number of hydrogen-bond acceptors (Lipinski definition) is 2. The molecule has 0 aromatic heterocycles. The number of ether oxygens (including phenoxy) is 1. The summed E-state index contributed by atoms with van der Waals surface area (Å²) in [5.41, 5.74) is 0.154. The first kappa shape index (κ1) is 12.2. The Balaban J connectivity index is 3.92. The lowest BCUT2D eigenvalue weighted by molar-refractivity contribution is -0.132. The van der Waals surface area contributed by atoms with Crippen LogP contribution in [0.15, 0.2) is 11.6 Å². The van der Waals surface area contributed by atoms with Crippen molar-refractivity contribution in [2.45, 2.75) is 39.7 Å². The maximum absolute atomic E-state index is 10.4. The number of aliphatic carboxylic acids is 1. The Hall–Kier alpha value is -0.830. The van der Waals surface area contributed by atoms with E-state index in [0.717, 1.165) is 6.42 Å². The normalized spacial score (nSPS) is 13.1. The summed E-state index contributed by atoms with van der Waals surface area (Å²) in [5.74, 6) is -0.891. The molecule has 0 rings (SSSR count). The van der Waals surface area contributed by atoms with Crippen molar-refractivity contribution in [2.75, 3.05) is 6.61 Å². The van der Waals surface area contributed by atoms with Gasteiger partial charge in [0.2, 0.25) is 0 Å². The summed E-state index contributed by atoms with van der Waals surface area (Å²) >= 11 is 0. The van der Waals surface area contributed by atoms with E-state index in [1.54, 1.807) is 13.0 Å². The van der Waals surface area contributed by atoms with E-state index in [1.165, 1.54) is 0 Å². The molecule has 3 heteroatoms. The first-order valence-electron chi connectivity index (χ1n) is 4.43. The van der Waals surface area contributed by atoms with Gasteiger partial charge in [0.05, 0.1) is 12.2 Å². The van der Waals surface area contributed by atoms with Crippen LogP contribution >= 0.6 is 0 Å². The van der Waals surface area contributed by atoms with Crippen molar-refractivity contribution in [1.82, 2.24) is 0 Å². The Morgan fingerprint density at radius 2 is 2.08 bits per heavy atom. The Labute approximate surface area is 79.4 Å². The monoisotopic (exact) mass is 186 g/mol. The van der Waals surface area contributed by atoms with Gasteiger partial charge in [-0.2, -0.15) is 0 Å². The van der Waals surface area contributed by atoms with Crippen LogP contribution in [0, 0.1) is 0 Å². The van der Waals surface area contributed by atoms with Gasteiger partial charge in [0, 0.05) is 5.57 Å². The van der Waals surface area contributed by atoms with Crippen LogP contribution in [0.4, 0.5) is 0 Å². The molecular weight excluding hydrogens is 168 g/mol. The van der Waals surface area contributed by atoms with E-state index in [9.17, 15) is 4.79 Å². The average Bonchev–Trinajstić information content (AvgIpc) is 2.04. The highest BCUT2D eigenvalue weighted by atomic mass is 16.5. The van der Waals surface area contributed by atoms with Crippen molar-refractivity contribution in [2.24, 2.45) is 0 Å². The van der Waals surface area contributed by atoms with Gasteiger partial charge in [-0.05, 0) is 33.3 Å². The SMILES string of the molecule is CCC(C)(C)OCC=C(C)C(=O)O. The molecule has 0 unspecified atom stereocenters. The summed E-state index contributed by atoms with van der Waals surface area (Å²) in [6.07, 6.45) is 2.49. The minimum atomic E-state index is -0.891. The molecule has 0 aromatic rings. The Morgan fingerprint density at radius 3 is 2.46 bits per heavy atom. The van der Waals surface area contributed by atoms with Gasteiger partial charge in [-0.1, -0.05) is 6.92 Å². The van der Waals surface area contributed by atoms with Gasteiger partial charge in [-0.25, -0.2) is 4.79 Å². The van der Waals surface area contributed by atoms with Crippen molar-refractivity contribution in [1.29, 1.82) is 0 Å². The fourth-order valence-corrected chi connectivity index (χ4v) is 0.582. The molecule has 0 aliphatic rings. The summed E-state index contributed by atoms with van der Waals surface area (Å²) in [4.78, 5) is 10.4. The highest BCUT2D eigenvalue weighted by Crippen LogP contribution is 2.13. The molecule has 0 fully saturated rings. The number of carboxylic acids is 1. The van der Waals surface area contributed by atoms with Crippen LogP contribution in [0.5, 0.6) is 0 Å². The van der Waals surface area contributed by atoms with Crippen LogP contribution in [-0.4, -0.2) is 23.3 Å². The number of carboxylic acid groups (broad SMARTS) is 1. The predicted molar refractivity (Wildman–Crippen MR) is 51.7 cm³/mol. The minimum Gasteiger partial charge on any atom is -0.478 e. The molecule has 0 aliphatic heterocycles. The molecule has 3 nitrogen and oxygen atoms in total. The van der Waals surface area contributed by atoms with Crippen LogP contribution in [0.1, 0.15) is 34.1 Å². The number of carbonyl (C=O) groups is 1. The fourth-order valence-electron chi connectivity index (χ4n) is 0.582. The molecule has 0 bridgehead atoms. The van der Waals surface area contributed by atoms with Crippen molar-refractivity contribution in [3.8, 4) is 0 Å². The predicted octanol–water partition coefficient (Wildman–Crippen LogP) is 2.22. The van der Waals surface area contributed by atoms with E-state index >= 15 is 0 Å². The van der Waals surface area contributed by atoms with E-state index < -0.39 is 5.97 Å². The lowest BCUT2D eigenvalue weighted by Gasteiger charge is -2.22. The van der Waals surface area contributed by atoms with E-state index in [0.29, 0.717) is 12.2 Å². The molecule has 0 aromatic carbocycles. The summed E-state index contributed by atoms with van der Waals surface area (Å²) in [5, 5.41) is 8.54. The molecule has 1 N–H and O–H groups in total. The van der Waals surface area contributed by atoms with Gasteiger partial charge in [0.1, 0.15) is 0 Å². The zero-order valence-corrected chi connectivity index (χ0v) is 8.76. The van der Waals surface area contributed by atoms with Crippen LogP contribution < -0.4 is 0 Å². The van der Waals surface area contributed by atoms with Crippen LogP contribution in [0.3, 0.4) is 0 Å². The molecule has 76 valence electrons. The van der Waals surface area contributed by atoms with Crippen LogP contribution in [0.2, 0.25) is 0 Å². The molecule has 13 heavy (non-hydrogen) atoms. The number of rotatable bonds is 5. The van der Waals surface area contributed by atoms with Gasteiger partial charge in [0.25, 0.3) is 0 Å². The lowest BCUT2D eigenvalue weighted by atomic mass is 10.1. The molecule has 0 amide bonds. The third kappa shape index (κ3) is 5.42. The fraction of sp³-hybridized carbons (Fsp3) is 0.700. The van der Waals surface area contributed by atoms with Crippen molar-refractivity contribution in [3.63, 3.8) is 0 Å². The van der Waals surface area contributed by atoms with E-state index in [1.807, 2.05) is 20.8 Å². The standard InChI is InChI=1S/C10H18O3/c1-5-10(3,4)13-7-6-8(2)9(11)12/h6H,5,7H2,1-4H3,(H,11,12). The molecule has 0 heterocycles. The minimum absolute atomic E-state index is 0.171. The third-order valence-corrected chi connectivity index (χ3v) is 2.05. The zero-order chi connectivity index (χ0) is 10.5. The maximum Gasteiger partial charge on any atom is 0.331 e. The second kappa shape index (κ2) is 5.02. The largest absolute Gasteiger partial charge is 0.478 e. The van der Waals surface area contributed by atoms with E-state index in [2.05, 4.69) is 0 Å². The first-order chi connectivity index (χ1) is 5.89. The smallest absolute Gasteiger partial charge is 0.331 e. The average molecular weight is 186 g/mol. The van der Waals surface area contributed by atoms with E-state index in [-0.39, 0.29) is 5.60 Å². The molecule has 0 radical (unpaired) electrons. The first-order valence-corrected chi connectivity index (χ1v) is 4.43.